The van der Waals surface area contributed by atoms with Gasteiger partial charge in [-0.25, -0.2) is 17.9 Å². The number of aryl methyl sites for hydroxylation is 1. The molecule has 2 aromatic rings. The van der Waals surface area contributed by atoms with E-state index >= 15 is 0 Å². The summed E-state index contributed by atoms with van der Waals surface area (Å²) in [7, 11) is -2.25. The summed E-state index contributed by atoms with van der Waals surface area (Å²) in [4.78, 5) is 25.0. The minimum atomic E-state index is -3.72. The van der Waals surface area contributed by atoms with Crippen molar-refractivity contribution in [1.82, 2.24) is 9.78 Å². The minimum absolute atomic E-state index is 0.0246. The highest BCUT2D eigenvalue weighted by Gasteiger charge is 2.27. The van der Waals surface area contributed by atoms with Crippen LogP contribution in [0.3, 0.4) is 0 Å². The monoisotopic (exact) mass is 380 g/mol. The van der Waals surface area contributed by atoms with E-state index in [9.17, 15) is 23.1 Å². The molecule has 0 saturated heterocycles. The zero-order valence-corrected chi connectivity index (χ0v) is 15.9. The van der Waals surface area contributed by atoms with Crippen LogP contribution in [-0.4, -0.2) is 47.4 Å². The lowest BCUT2D eigenvalue weighted by atomic mass is 9.97. The van der Waals surface area contributed by atoms with E-state index < -0.39 is 27.7 Å². The van der Waals surface area contributed by atoms with E-state index in [0.29, 0.717) is 0 Å². The fourth-order valence-electron chi connectivity index (χ4n) is 2.47. The molecule has 0 unspecified atom stereocenters. The molecule has 1 aromatic heterocycles. The molecule has 0 radical (unpaired) electrons. The van der Waals surface area contributed by atoms with Gasteiger partial charge in [-0.05, 0) is 38.5 Å². The van der Waals surface area contributed by atoms with Crippen molar-refractivity contribution >= 4 is 21.6 Å². The molecule has 1 aromatic carbocycles. The number of nitrogens with zero attached hydrogens (tertiary/aromatic N) is 2. The lowest BCUT2D eigenvalue weighted by Crippen LogP contribution is -2.19. The molecular weight excluding hydrogens is 360 g/mol. The van der Waals surface area contributed by atoms with Gasteiger partial charge >= 0.3 is 5.97 Å². The molecule has 9 heteroatoms. The first-order valence-corrected chi connectivity index (χ1v) is 9.65. The quantitative estimate of drug-likeness (QED) is 0.619. The number of ketones is 1. The van der Waals surface area contributed by atoms with Gasteiger partial charge in [0.05, 0.1) is 16.6 Å². The van der Waals surface area contributed by atoms with E-state index in [4.69, 9.17) is 4.74 Å². The van der Waals surface area contributed by atoms with Crippen molar-refractivity contribution in [2.24, 2.45) is 7.05 Å². The van der Waals surface area contributed by atoms with E-state index in [0.717, 1.165) is 10.9 Å². The summed E-state index contributed by atoms with van der Waals surface area (Å²) in [5, 5.41) is 13.5. The molecule has 0 aliphatic heterocycles. The van der Waals surface area contributed by atoms with Crippen LogP contribution in [0.2, 0.25) is 0 Å². The van der Waals surface area contributed by atoms with Crippen LogP contribution in [0.5, 0.6) is 5.88 Å². The second kappa shape index (κ2) is 6.91. The second-order valence-corrected chi connectivity index (χ2v) is 8.16. The smallest absolute Gasteiger partial charge is 0.340 e. The number of carbonyl (C=O) groups excluding carboxylic acids is 2. The standard InChI is InChI=1S/C17H20N2O6S/c1-9(2)25-17(22)15-10(3)11(6-7-13(15)26(5,23)24)16(21)12-8-14(20)19(4)18-12/h6-9,20H,1-5H3. The minimum Gasteiger partial charge on any atom is -0.493 e. The Morgan fingerprint density at radius 2 is 1.88 bits per heavy atom. The number of carbonyl (C=O) groups is 2. The van der Waals surface area contributed by atoms with Crippen LogP contribution >= 0.6 is 0 Å². The summed E-state index contributed by atoms with van der Waals surface area (Å²) in [6.07, 6.45) is 0.521. The van der Waals surface area contributed by atoms with Gasteiger partial charge in [0, 0.05) is 24.9 Å². The second-order valence-electron chi connectivity index (χ2n) is 6.18. The number of sulfone groups is 1. The summed E-state index contributed by atoms with van der Waals surface area (Å²) in [6.45, 7) is 4.75. The fourth-order valence-corrected chi connectivity index (χ4v) is 3.40. The third-order valence-electron chi connectivity index (χ3n) is 3.71. The topological polar surface area (TPSA) is 116 Å². The van der Waals surface area contributed by atoms with Crippen molar-refractivity contribution in [3.8, 4) is 5.88 Å². The molecule has 1 N–H and O–H groups in total. The molecule has 0 aliphatic carbocycles. The summed E-state index contributed by atoms with van der Waals surface area (Å²) in [5.74, 6) is -1.56. The number of rotatable bonds is 5. The zero-order chi connectivity index (χ0) is 19.8. The Morgan fingerprint density at radius 1 is 1.27 bits per heavy atom. The average Bonchev–Trinajstić information content (AvgIpc) is 2.84. The Hall–Kier alpha value is -2.68. The predicted octanol–water partition coefficient (Wildman–Crippen LogP) is 1.63. The molecule has 0 spiro atoms. The number of esters is 1. The highest BCUT2D eigenvalue weighted by atomic mass is 32.2. The van der Waals surface area contributed by atoms with Crippen molar-refractivity contribution in [2.45, 2.75) is 31.8 Å². The fraction of sp³-hybridized carbons (Fsp3) is 0.353. The summed E-state index contributed by atoms with van der Waals surface area (Å²) < 4.78 is 30.4. The van der Waals surface area contributed by atoms with E-state index in [2.05, 4.69) is 5.10 Å². The molecule has 0 fully saturated rings. The van der Waals surface area contributed by atoms with Gasteiger partial charge in [-0.15, -0.1) is 0 Å². The van der Waals surface area contributed by atoms with Crippen LogP contribution in [0.1, 0.15) is 45.8 Å². The summed E-state index contributed by atoms with van der Waals surface area (Å²) >= 11 is 0. The Balaban J connectivity index is 2.66. The third kappa shape index (κ3) is 3.77. The van der Waals surface area contributed by atoms with Gasteiger partial charge in [-0.1, -0.05) is 0 Å². The zero-order valence-electron chi connectivity index (χ0n) is 15.1. The number of ether oxygens (including phenoxy) is 1. The van der Waals surface area contributed by atoms with Gasteiger partial charge in [0.15, 0.2) is 9.84 Å². The Labute approximate surface area is 151 Å². The van der Waals surface area contributed by atoms with Gasteiger partial charge in [0.2, 0.25) is 11.7 Å². The SMILES string of the molecule is Cc1c(C(=O)c2cc(O)n(C)n2)ccc(S(C)(=O)=O)c1C(=O)OC(C)C. The number of benzene rings is 1. The van der Waals surface area contributed by atoms with Crippen LogP contribution in [0.4, 0.5) is 0 Å². The highest BCUT2D eigenvalue weighted by Crippen LogP contribution is 2.26. The number of hydrogen-bond acceptors (Lipinski definition) is 7. The van der Waals surface area contributed by atoms with E-state index in [1.807, 2.05) is 0 Å². The maximum absolute atomic E-state index is 12.7. The van der Waals surface area contributed by atoms with E-state index in [1.165, 1.54) is 32.2 Å². The van der Waals surface area contributed by atoms with Crippen molar-refractivity contribution in [1.29, 1.82) is 0 Å². The molecule has 0 amide bonds. The molecule has 0 atom stereocenters. The molecule has 1 heterocycles. The van der Waals surface area contributed by atoms with Crippen molar-refractivity contribution in [2.75, 3.05) is 6.26 Å². The average molecular weight is 380 g/mol. The maximum Gasteiger partial charge on any atom is 0.340 e. The number of aromatic hydroxyl groups is 1. The van der Waals surface area contributed by atoms with Gasteiger partial charge in [-0.3, -0.25) is 4.79 Å². The van der Waals surface area contributed by atoms with Gasteiger partial charge in [0.25, 0.3) is 0 Å². The van der Waals surface area contributed by atoms with Gasteiger partial charge < -0.3 is 9.84 Å². The van der Waals surface area contributed by atoms with Crippen LogP contribution < -0.4 is 0 Å². The highest BCUT2D eigenvalue weighted by molar-refractivity contribution is 7.90. The van der Waals surface area contributed by atoms with Gasteiger partial charge in [0.1, 0.15) is 5.69 Å². The van der Waals surface area contributed by atoms with Crippen molar-refractivity contribution in [3.05, 3.63) is 40.6 Å². The van der Waals surface area contributed by atoms with Crippen LogP contribution in [-0.2, 0) is 21.6 Å². The first-order chi connectivity index (χ1) is 11.9. The predicted molar refractivity (Wildman–Crippen MR) is 93.1 cm³/mol. The lowest BCUT2D eigenvalue weighted by Gasteiger charge is -2.15. The molecule has 140 valence electrons. The van der Waals surface area contributed by atoms with Crippen LogP contribution in [0.25, 0.3) is 0 Å². The first kappa shape index (κ1) is 19.6. The normalized spacial score (nSPS) is 11.6. The summed E-state index contributed by atoms with van der Waals surface area (Å²) in [6, 6.07) is 3.72. The molecular formula is C17H20N2O6S. The van der Waals surface area contributed by atoms with E-state index in [1.54, 1.807) is 13.8 Å². The van der Waals surface area contributed by atoms with Crippen molar-refractivity contribution < 1.29 is 27.9 Å². The van der Waals surface area contributed by atoms with Crippen molar-refractivity contribution in [3.63, 3.8) is 0 Å². The molecule has 0 saturated carbocycles. The molecule has 0 bridgehead atoms. The maximum atomic E-state index is 12.7. The Bertz CT molecular complexity index is 969. The summed E-state index contributed by atoms with van der Waals surface area (Å²) in [5.41, 5.74) is 0.0792. The Kier molecular flexibility index (Phi) is 5.22. The number of aromatic nitrogens is 2. The molecule has 26 heavy (non-hydrogen) atoms. The molecule has 2 rings (SSSR count). The first-order valence-electron chi connectivity index (χ1n) is 7.75. The van der Waals surface area contributed by atoms with E-state index in [-0.39, 0.29) is 33.2 Å². The largest absolute Gasteiger partial charge is 0.493 e. The van der Waals surface area contributed by atoms with Crippen LogP contribution in [0.15, 0.2) is 23.1 Å². The molecule has 0 aliphatic rings. The number of hydrogen-bond donors (Lipinski definition) is 1. The van der Waals surface area contributed by atoms with Gasteiger partial charge in [-0.2, -0.15) is 5.10 Å². The molecule has 8 nitrogen and oxygen atoms in total. The Morgan fingerprint density at radius 3 is 2.35 bits per heavy atom. The third-order valence-corrected chi connectivity index (χ3v) is 4.84. The lowest BCUT2D eigenvalue weighted by molar-refractivity contribution is 0.0372. The van der Waals surface area contributed by atoms with Crippen LogP contribution in [0, 0.1) is 6.92 Å².